The summed E-state index contributed by atoms with van der Waals surface area (Å²) in [7, 11) is 0. The van der Waals surface area contributed by atoms with Crippen LogP contribution >= 0.6 is 0 Å². The molecule has 9 heteroatoms. The largest absolute Gasteiger partial charge is 0.546 e. The van der Waals surface area contributed by atoms with E-state index >= 15 is 0 Å². The Balaban J connectivity index is 3.63. The van der Waals surface area contributed by atoms with Gasteiger partial charge in [0.2, 0.25) is 0 Å². The van der Waals surface area contributed by atoms with Crippen molar-refractivity contribution in [3.63, 3.8) is 0 Å². The summed E-state index contributed by atoms with van der Waals surface area (Å²) < 4.78 is 0. The lowest BCUT2D eigenvalue weighted by Crippen LogP contribution is -2.75. The van der Waals surface area contributed by atoms with Gasteiger partial charge in [-0.15, -0.1) is 0 Å². The Kier molecular flexibility index (Phi) is 4.79. The van der Waals surface area contributed by atoms with Gasteiger partial charge in [0, 0.05) is 13.1 Å². The average Bonchev–Trinajstić information content (AvgIpc) is 2.43. The van der Waals surface area contributed by atoms with Gasteiger partial charge < -0.3 is 35.0 Å². The van der Waals surface area contributed by atoms with Crippen LogP contribution in [-0.4, -0.2) is 46.7 Å². The maximum Gasteiger partial charge on any atom is 0.148 e. The minimum Gasteiger partial charge on any atom is -0.546 e. The third kappa shape index (κ3) is 2.51. The van der Waals surface area contributed by atoms with Crippen LogP contribution < -0.4 is 20.6 Å². The molecule has 118 valence electrons. The molecular formula is C12H16N3O6-3. The first-order chi connectivity index (χ1) is 9.76. The van der Waals surface area contributed by atoms with Gasteiger partial charge in [-0.3, -0.25) is 5.01 Å². The molecule has 1 N–H and O–H groups in total. The number of nitrogens with zero attached hydrogens (tertiary/aromatic N) is 2. The van der Waals surface area contributed by atoms with E-state index in [-0.39, 0.29) is 19.5 Å². The fourth-order valence-electron chi connectivity index (χ4n) is 2.48. The number of rotatable bonds is 6. The Labute approximate surface area is 121 Å². The number of carbonyl (C=O) groups is 3. The van der Waals surface area contributed by atoms with E-state index in [9.17, 15) is 29.7 Å². The van der Waals surface area contributed by atoms with Crippen molar-refractivity contribution in [1.82, 2.24) is 15.3 Å². The molecule has 1 atom stereocenters. The van der Waals surface area contributed by atoms with E-state index < -0.39 is 35.0 Å². The van der Waals surface area contributed by atoms with Gasteiger partial charge in [0.05, 0.1) is 23.6 Å². The summed E-state index contributed by atoms with van der Waals surface area (Å²) in [6.07, 6.45) is -0.0587. The smallest absolute Gasteiger partial charge is 0.148 e. The van der Waals surface area contributed by atoms with Gasteiger partial charge in [-0.1, -0.05) is 13.8 Å². The molecular weight excluding hydrogens is 282 g/mol. The van der Waals surface area contributed by atoms with Crippen molar-refractivity contribution in [3.05, 3.63) is 11.4 Å². The molecule has 1 heterocycles. The molecule has 0 fully saturated rings. The molecule has 0 saturated carbocycles. The summed E-state index contributed by atoms with van der Waals surface area (Å²) in [4.78, 5) is 34.0. The number of hydrogen-bond acceptors (Lipinski definition) is 9. The van der Waals surface area contributed by atoms with Gasteiger partial charge in [-0.25, -0.2) is 0 Å². The number of aliphatic carboxylic acids is 3. The van der Waals surface area contributed by atoms with E-state index in [1.165, 1.54) is 11.9 Å². The third-order valence-corrected chi connectivity index (χ3v) is 3.40. The summed E-state index contributed by atoms with van der Waals surface area (Å²) >= 11 is 0. The topological polar surface area (TPSA) is 139 Å². The van der Waals surface area contributed by atoms with Crippen molar-refractivity contribution in [2.45, 2.75) is 32.9 Å². The minimum atomic E-state index is -1.88. The molecule has 0 aliphatic carbocycles. The van der Waals surface area contributed by atoms with Crippen LogP contribution in [0.5, 0.6) is 0 Å². The Hall–Kier alpha value is -2.29. The molecule has 0 aromatic heterocycles. The second-order valence-electron chi connectivity index (χ2n) is 4.36. The quantitative estimate of drug-likeness (QED) is 0.516. The van der Waals surface area contributed by atoms with Gasteiger partial charge >= 0.3 is 0 Å². The van der Waals surface area contributed by atoms with E-state index in [4.69, 9.17) is 0 Å². The lowest BCUT2D eigenvalue weighted by atomic mass is 10.0. The van der Waals surface area contributed by atoms with Crippen molar-refractivity contribution < 1.29 is 29.7 Å². The van der Waals surface area contributed by atoms with Crippen LogP contribution in [0.4, 0.5) is 0 Å². The van der Waals surface area contributed by atoms with E-state index in [0.29, 0.717) is 0 Å². The highest BCUT2D eigenvalue weighted by Crippen LogP contribution is 2.29. The zero-order valence-electron chi connectivity index (χ0n) is 12.0. The van der Waals surface area contributed by atoms with Crippen LogP contribution in [0.1, 0.15) is 27.2 Å². The minimum absolute atomic E-state index is 0.0324. The molecule has 1 aliphatic heterocycles. The van der Waals surface area contributed by atoms with Crippen LogP contribution in [-0.2, 0) is 14.4 Å². The van der Waals surface area contributed by atoms with E-state index in [1.54, 1.807) is 13.8 Å². The summed E-state index contributed by atoms with van der Waals surface area (Å²) in [5.74, 6) is -5.14. The second kappa shape index (κ2) is 6.00. The van der Waals surface area contributed by atoms with Gasteiger partial charge in [0.25, 0.3) is 0 Å². The molecule has 0 amide bonds. The molecule has 0 aromatic rings. The number of nitrogens with one attached hydrogen (secondary N) is 1. The zero-order chi connectivity index (χ0) is 16.4. The molecule has 1 aliphatic rings. The summed E-state index contributed by atoms with van der Waals surface area (Å²) in [6, 6.07) is 0. The first-order valence-corrected chi connectivity index (χ1v) is 6.48. The summed E-state index contributed by atoms with van der Waals surface area (Å²) in [6.45, 7) is 4.81. The Morgan fingerprint density at radius 3 is 1.90 bits per heavy atom. The first kappa shape index (κ1) is 16.8. The standard InChI is InChI=1S/C12H19N3O6/c1-4-12(11(20)21)13-7(9(16)17)8(10(18)19)14(5-2)15(12)6-3/h13H,4-6H2,1-3H3,(H,16,17)(H,18,19)(H,20,21)/p-3. The van der Waals surface area contributed by atoms with E-state index in [2.05, 4.69) is 5.32 Å². The summed E-state index contributed by atoms with van der Waals surface area (Å²) in [5.41, 5.74) is -3.39. The van der Waals surface area contributed by atoms with Gasteiger partial charge in [-0.2, -0.15) is 5.01 Å². The molecule has 21 heavy (non-hydrogen) atoms. The van der Waals surface area contributed by atoms with Crippen molar-refractivity contribution in [1.29, 1.82) is 0 Å². The summed E-state index contributed by atoms with van der Waals surface area (Å²) in [5, 5.41) is 38.4. The highest BCUT2D eigenvalue weighted by molar-refractivity contribution is 5.97. The molecule has 1 unspecified atom stereocenters. The Bertz CT molecular complexity index is 503. The molecule has 9 nitrogen and oxygen atoms in total. The highest BCUT2D eigenvalue weighted by Gasteiger charge is 2.45. The molecule has 0 radical (unpaired) electrons. The van der Waals surface area contributed by atoms with Crippen LogP contribution in [0.2, 0.25) is 0 Å². The Morgan fingerprint density at radius 1 is 1.05 bits per heavy atom. The average molecular weight is 298 g/mol. The molecule has 1 rings (SSSR count). The van der Waals surface area contributed by atoms with Crippen LogP contribution in [0, 0.1) is 0 Å². The molecule has 0 bridgehead atoms. The SMILES string of the molecule is CCN1C(C(=O)[O-])=C(C(=O)[O-])NC(CC)(C(=O)[O-])N1CC. The number of likely N-dealkylation sites (N-methyl/N-ethyl adjacent to an activating group) is 2. The number of hydrazine groups is 1. The van der Waals surface area contributed by atoms with Gasteiger partial charge in [0.1, 0.15) is 11.4 Å². The predicted octanol–water partition coefficient (Wildman–Crippen LogP) is -4.28. The third-order valence-electron chi connectivity index (χ3n) is 3.40. The first-order valence-electron chi connectivity index (χ1n) is 6.48. The van der Waals surface area contributed by atoms with Crippen molar-refractivity contribution in [3.8, 4) is 0 Å². The molecule has 0 saturated heterocycles. The zero-order valence-corrected chi connectivity index (χ0v) is 12.0. The van der Waals surface area contributed by atoms with Crippen LogP contribution in [0.3, 0.4) is 0 Å². The fraction of sp³-hybridized carbons (Fsp3) is 0.583. The van der Waals surface area contributed by atoms with Gasteiger partial charge in [-0.05, 0) is 13.3 Å². The number of hydrogen-bond donors (Lipinski definition) is 1. The van der Waals surface area contributed by atoms with E-state index in [1.807, 2.05) is 0 Å². The highest BCUT2D eigenvalue weighted by atomic mass is 16.4. The van der Waals surface area contributed by atoms with Crippen molar-refractivity contribution in [2.24, 2.45) is 0 Å². The van der Waals surface area contributed by atoms with Crippen molar-refractivity contribution in [2.75, 3.05) is 13.1 Å². The monoisotopic (exact) mass is 298 g/mol. The van der Waals surface area contributed by atoms with Crippen LogP contribution in [0.15, 0.2) is 11.4 Å². The molecule has 0 aromatic carbocycles. The van der Waals surface area contributed by atoms with Gasteiger partial charge in [0.15, 0.2) is 0 Å². The number of carboxylic acids is 3. The maximum atomic E-state index is 11.5. The van der Waals surface area contributed by atoms with Crippen LogP contribution in [0.25, 0.3) is 0 Å². The van der Waals surface area contributed by atoms with Crippen molar-refractivity contribution >= 4 is 17.9 Å². The lowest BCUT2D eigenvalue weighted by Gasteiger charge is -2.55. The predicted molar refractivity (Wildman–Crippen MR) is 63.0 cm³/mol. The normalized spacial score (nSPS) is 22.9. The number of carboxylic acid groups (broad SMARTS) is 3. The molecule has 0 spiro atoms. The maximum absolute atomic E-state index is 11.5. The van der Waals surface area contributed by atoms with E-state index in [0.717, 1.165) is 5.01 Å². The lowest BCUT2D eigenvalue weighted by molar-refractivity contribution is -0.332. The number of carbonyl (C=O) groups excluding carboxylic acids is 3. The second-order valence-corrected chi connectivity index (χ2v) is 4.36. The fourth-order valence-corrected chi connectivity index (χ4v) is 2.48. The Morgan fingerprint density at radius 2 is 1.62 bits per heavy atom.